The van der Waals surface area contributed by atoms with Crippen LogP contribution in [-0.2, 0) is 4.79 Å². The molecule has 0 saturated heterocycles. The molecule has 122 valence electrons. The van der Waals surface area contributed by atoms with Crippen molar-refractivity contribution in [3.8, 4) is 11.5 Å². The van der Waals surface area contributed by atoms with Crippen molar-refractivity contribution < 1.29 is 14.3 Å². The Bertz CT molecular complexity index is 650. The van der Waals surface area contributed by atoms with E-state index in [1.165, 1.54) is 5.56 Å². The van der Waals surface area contributed by atoms with E-state index in [9.17, 15) is 4.79 Å². The third-order valence-corrected chi connectivity index (χ3v) is 3.40. The first-order valence-electron chi connectivity index (χ1n) is 7.71. The summed E-state index contributed by atoms with van der Waals surface area (Å²) in [5.41, 5.74) is 3.46. The molecule has 0 spiro atoms. The number of carbonyl (C=O) groups is 1. The lowest BCUT2D eigenvalue weighted by atomic mass is 10.1. The molecule has 4 nitrogen and oxygen atoms in total. The summed E-state index contributed by atoms with van der Waals surface area (Å²) in [6, 6.07) is 13.6. The Labute approximate surface area is 137 Å². The molecule has 0 fully saturated rings. The summed E-state index contributed by atoms with van der Waals surface area (Å²) in [4.78, 5) is 11.7. The highest BCUT2D eigenvalue weighted by atomic mass is 16.5. The fraction of sp³-hybridized carbons (Fsp3) is 0.316. The summed E-state index contributed by atoms with van der Waals surface area (Å²) in [5, 5.41) is 2.78. The van der Waals surface area contributed by atoms with Gasteiger partial charge in [0.15, 0.2) is 6.61 Å². The van der Waals surface area contributed by atoms with Crippen molar-refractivity contribution in [1.29, 1.82) is 0 Å². The van der Waals surface area contributed by atoms with Gasteiger partial charge in [-0.05, 0) is 44.5 Å². The second kappa shape index (κ2) is 8.22. The van der Waals surface area contributed by atoms with Crippen molar-refractivity contribution in [2.24, 2.45) is 0 Å². The van der Waals surface area contributed by atoms with Crippen LogP contribution >= 0.6 is 0 Å². The number of benzene rings is 2. The molecule has 0 radical (unpaired) electrons. The van der Waals surface area contributed by atoms with Crippen molar-refractivity contribution >= 4 is 5.91 Å². The summed E-state index contributed by atoms with van der Waals surface area (Å²) in [6.45, 7) is 6.95. The smallest absolute Gasteiger partial charge is 0.258 e. The van der Waals surface area contributed by atoms with E-state index in [1.807, 2.05) is 57.2 Å². The standard InChI is InChI=1S/C19H23NO3/c1-14-4-7-17(8-5-14)23-13-19(21)20-10-11-22-18-9-6-15(2)12-16(18)3/h4-9,12H,10-11,13H2,1-3H3,(H,20,21). The van der Waals surface area contributed by atoms with Gasteiger partial charge in [0, 0.05) is 0 Å². The maximum atomic E-state index is 11.7. The van der Waals surface area contributed by atoms with Crippen LogP contribution in [0.5, 0.6) is 11.5 Å². The lowest BCUT2D eigenvalue weighted by Gasteiger charge is -2.11. The number of rotatable bonds is 7. The Morgan fingerprint density at radius 2 is 1.65 bits per heavy atom. The Kier molecular flexibility index (Phi) is 6.03. The van der Waals surface area contributed by atoms with Crippen LogP contribution in [-0.4, -0.2) is 25.7 Å². The molecule has 2 aromatic carbocycles. The van der Waals surface area contributed by atoms with Crippen LogP contribution < -0.4 is 14.8 Å². The minimum absolute atomic E-state index is 0.00657. The van der Waals surface area contributed by atoms with Gasteiger partial charge in [-0.15, -0.1) is 0 Å². The predicted molar refractivity (Wildman–Crippen MR) is 91.1 cm³/mol. The van der Waals surface area contributed by atoms with Crippen molar-refractivity contribution in [2.45, 2.75) is 20.8 Å². The molecule has 0 saturated carbocycles. The van der Waals surface area contributed by atoms with Gasteiger partial charge in [-0.1, -0.05) is 35.4 Å². The Balaban J connectivity index is 1.65. The van der Waals surface area contributed by atoms with E-state index in [4.69, 9.17) is 9.47 Å². The maximum Gasteiger partial charge on any atom is 0.258 e. The first kappa shape index (κ1) is 16.9. The molecule has 0 heterocycles. The van der Waals surface area contributed by atoms with Gasteiger partial charge >= 0.3 is 0 Å². The summed E-state index contributed by atoms with van der Waals surface area (Å²) >= 11 is 0. The zero-order valence-electron chi connectivity index (χ0n) is 13.9. The fourth-order valence-corrected chi connectivity index (χ4v) is 2.15. The highest BCUT2D eigenvalue weighted by Gasteiger charge is 2.03. The molecular formula is C19H23NO3. The fourth-order valence-electron chi connectivity index (χ4n) is 2.15. The summed E-state index contributed by atoms with van der Waals surface area (Å²) in [6.07, 6.45) is 0. The molecule has 2 rings (SSSR count). The Morgan fingerprint density at radius 3 is 2.35 bits per heavy atom. The van der Waals surface area contributed by atoms with E-state index in [0.29, 0.717) is 18.9 Å². The number of hydrogen-bond acceptors (Lipinski definition) is 3. The predicted octanol–water partition coefficient (Wildman–Crippen LogP) is 3.19. The Morgan fingerprint density at radius 1 is 0.957 bits per heavy atom. The lowest BCUT2D eigenvalue weighted by molar-refractivity contribution is -0.123. The maximum absolute atomic E-state index is 11.7. The molecule has 1 amide bonds. The molecule has 0 aliphatic heterocycles. The zero-order valence-corrected chi connectivity index (χ0v) is 13.9. The highest BCUT2D eigenvalue weighted by Crippen LogP contribution is 2.18. The zero-order chi connectivity index (χ0) is 16.7. The van der Waals surface area contributed by atoms with Crippen LogP contribution in [0.25, 0.3) is 0 Å². The minimum atomic E-state index is -0.158. The van der Waals surface area contributed by atoms with Crippen LogP contribution in [0.15, 0.2) is 42.5 Å². The minimum Gasteiger partial charge on any atom is -0.491 e. The van der Waals surface area contributed by atoms with Crippen LogP contribution in [0.1, 0.15) is 16.7 Å². The number of nitrogens with one attached hydrogen (secondary N) is 1. The summed E-state index contributed by atoms with van der Waals surface area (Å²) in [7, 11) is 0. The number of amides is 1. The third kappa shape index (κ3) is 5.66. The molecule has 4 heteroatoms. The van der Waals surface area contributed by atoms with Gasteiger partial charge < -0.3 is 14.8 Å². The van der Waals surface area contributed by atoms with Gasteiger partial charge in [0.05, 0.1) is 6.54 Å². The summed E-state index contributed by atoms with van der Waals surface area (Å²) in [5.74, 6) is 1.38. The van der Waals surface area contributed by atoms with Crippen molar-refractivity contribution in [3.05, 3.63) is 59.2 Å². The van der Waals surface area contributed by atoms with E-state index in [2.05, 4.69) is 11.4 Å². The average Bonchev–Trinajstić information content (AvgIpc) is 2.52. The molecule has 2 aromatic rings. The van der Waals surface area contributed by atoms with Crippen LogP contribution in [0, 0.1) is 20.8 Å². The molecule has 1 N–H and O–H groups in total. The van der Waals surface area contributed by atoms with E-state index in [1.54, 1.807) is 0 Å². The number of ether oxygens (including phenoxy) is 2. The number of aryl methyl sites for hydroxylation is 3. The first-order valence-corrected chi connectivity index (χ1v) is 7.71. The van der Waals surface area contributed by atoms with Crippen molar-refractivity contribution in [3.63, 3.8) is 0 Å². The van der Waals surface area contributed by atoms with Gasteiger partial charge in [-0.3, -0.25) is 4.79 Å². The van der Waals surface area contributed by atoms with E-state index >= 15 is 0 Å². The average molecular weight is 313 g/mol. The molecule has 0 aliphatic carbocycles. The molecule has 0 atom stereocenters. The van der Waals surface area contributed by atoms with Gasteiger partial charge in [0.2, 0.25) is 0 Å². The van der Waals surface area contributed by atoms with Gasteiger partial charge in [0.1, 0.15) is 18.1 Å². The Hall–Kier alpha value is -2.49. The second-order valence-electron chi connectivity index (χ2n) is 5.57. The second-order valence-corrected chi connectivity index (χ2v) is 5.57. The number of carbonyl (C=O) groups excluding carboxylic acids is 1. The van der Waals surface area contributed by atoms with E-state index < -0.39 is 0 Å². The van der Waals surface area contributed by atoms with Crippen LogP contribution in [0.4, 0.5) is 0 Å². The highest BCUT2D eigenvalue weighted by molar-refractivity contribution is 5.77. The molecule has 23 heavy (non-hydrogen) atoms. The molecular weight excluding hydrogens is 290 g/mol. The molecule has 0 bridgehead atoms. The van der Waals surface area contributed by atoms with E-state index in [-0.39, 0.29) is 12.5 Å². The van der Waals surface area contributed by atoms with Gasteiger partial charge in [-0.25, -0.2) is 0 Å². The van der Waals surface area contributed by atoms with Crippen molar-refractivity contribution in [2.75, 3.05) is 19.8 Å². The topological polar surface area (TPSA) is 47.6 Å². The van der Waals surface area contributed by atoms with Gasteiger partial charge in [-0.2, -0.15) is 0 Å². The lowest BCUT2D eigenvalue weighted by Crippen LogP contribution is -2.32. The van der Waals surface area contributed by atoms with Crippen molar-refractivity contribution in [1.82, 2.24) is 5.32 Å². The van der Waals surface area contributed by atoms with Gasteiger partial charge in [0.25, 0.3) is 5.91 Å². The SMILES string of the molecule is Cc1ccc(OCC(=O)NCCOc2ccc(C)cc2C)cc1. The molecule has 0 aliphatic rings. The van der Waals surface area contributed by atoms with Crippen LogP contribution in [0.2, 0.25) is 0 Å². The monoisotopic (exact) mass is 313 g/mol. The third-order valence-electron chi connectivity index (χ3n) is 3.40. The number of hydrogen-bond donors (Lipinski definition) is 1. The molecule has 0 unspecified atom stereocenters. The first-order chi connectivity index (χ1) is 11.0. The molecule has 0 aromatic heterocycles. The van der Waals surface area contributed by atoms with Crippen LogP contribution in [0.3, 0.4) is 0 Å². The largest absolute Gasteiger partial charge is 0.491 e. The summed E-state index contributed by atoms with van der Waals surface area (Å²) < 4.78 is 11.1. The van der Waals surface area contributed by atoms with E-state index in [0.717, 1.165) is 16.9 Å². The normalized spacial score (nSPS) is 10.2. The quantitative estimate of drug-likeness (QED) is 0.799.